The second-order valence-electron chi connectivity index (χ2n) is 22.3. The summed E-state index contributed by atoms with van der Waals surface area (Å²) in [6.45, 7) is 9.19. The summed E-state index contributed by atoms with van der Waals surface area (Å²) in [4.78, 5) is 46.4. The van der Waals surface area contributed by atoms with Crippen molar-refractivity contribution < 1.29 is 86.3 Å². The summed E-state index contributed by atoms with van der Waals surface area (Å²) in [6, 6.07) is 6.48. The zero-order valence-electron chi connectivity index (χ0n) is 45.6. The smallest absolute Gasteiger partial charge is 0.313 e. The summed E-state index contributed by atoms with van der Waals surface area (Å²) in [5.41, 5.74) is 4.40. The average molecular weight is 1240 g/mol. The van der Waals surface area contributed by atoms with Gasteiger partial charge in [0.15, 0.2) is 11.6 Å². The lowest BCUT2D eigenvalue weighted by molar-refractivity contribution is -0.136. The average Bonchev–Trinajstić information content (AvgIpc) is 1.68. The number of carbonyl (C=O) groups is 3. The number of ether oxygens (including phenoxy) is 6. The third-order valence-electron chi connectivity index (χ3n) is 15.9. The highest BCUT2D eigenvalue weighted by molar-refractivity contribution is 7.86. The van der Waals surface area contributed by atoms with E-state index in [-0.39, 0.29) is 97.7 Å². The molecule has 19 nitrogen and oxygen atoms in total. The first-order chi connectivity index (χ1) is 39.1. The van der Waals surface area contributed by atoms with Gasteiger partial charge in [0.05, 0.1) is 93.3 Å². The SMILES string of the molecule is CC1(C)C=C(CS(=O)(=O)O)c2cc3c(c4c2N1CCC4)Oc1c(cc2c4c1CCCN4C(C)(C)CC2CS(=O)(=O)O)C31c2c(Cl)ccc(Cl)c2C(=O)N1NC(=O)CCOCCOCCOCCOCCC(=O)Oc1c(F)c(F)cc(F)c1F. The van der Waals surface area contributed by atoms with Crippen molar-refractivity contribution in [2.45, 2.75) is 95.2 Å². The van der Waals surface area contributed by atoms with Crippen molar-refractivity contribution in [2.75, 3.05) is 87.3 Å². The molecule has 6 aliphatic heterocycles. The largest absolute Gasteiger partial charge is 0.456 e. The molecule has 2 amide bonds. The molecule has 3 N–H and O–H groups in total. The van der Waals surface area contributed by atoms with Crippen molar-refractivity contribution in [3.8, 4) is 17.2 Å². The zero-order chi connectivity index (χ0) is 59.7. The molecule has 0 aromatic heterocycles. The Balaban J connectivity index is 0.905. The van der Waals surface area contributed by atoms with Crippen molar-refractivity contribution in [3.63, 3.8) is 0 Å². The molecular formula is C56H60Cl2F4N4O15S2. The monoisotopic (exact) mass is 1240 g/mol. The molecule has 0 saturated heterocycles. The summed E-state index contributed by atoms with van der Waals surface area (Å²) < 4.78 is 161. The number of nitrogens with zero attached hydrogens (tertiary/aromatic N) is 3. The van der Waals surface area contributed by atoms with Crippen LogP contribution in [0.2, 0.25) is 10.0 Å². The number of hydrazine groups is 1. The first-order valence-corrected chi connectivity index (χ1v) is 30.8. The van der Waals surface area contributed by atoms with Gasteiger partial charge in [-0.05, 0) is 95.2 Å². The van der Waals surface area contributed by atoms with Crippen LogP contribution in [0, 0.1) is 23.3 Å². The van der Waals surface area contributed by atoms with E-state index >= 15 is 4.79 Å². The fourth-order valence-electron chi connectivity index (χ4n) is 12.7. The van der Waals surface area contributed by atoms with Gasteiger partial charge in [-0.15, -0.1) is 0 Å². The van der Waals surface area contributed by atoms with Crippen molar-refractivity contribution in [1.29, 1.82) is 0 Å². The Bertz CT molecular complexity index is 3580. The predicted molar refractivity (Wildman–Crippen MR) is 296 cm³/mol. The van der Waals surface area contributed by atoms with Crippen LogP contribution < -0.4 is 24.7 Å². The van der Waals surface area contributed by atoms with Gasteiger partial charge in [0, 0.05) is 74.7 Å². The van der Waals surface area contributed by atoms with E-state index < -0.39 is 107 Å². The molecule has 6 heterocycles. The molecular weight excluding hydrogens is 1180 g/mol. The summed E-state index contributed by atoms with van der Waals surface area (Å²) in [5, 5.41) is 1.24. The quantitative estimate of drug-likeness (QED) is 0.0177. The normalized spacial score (nSPS) is 19.8. The van der Waals surface area contributed by atoms with Crippen molar-refractivity contribution in [1.82, 2.24) is 10.4 Å². The van der Waals surface area contributed by atoms with Crippen LogP contribution in [0.3, 0.4) is 0 Å². The molecule has 0 fully saturated rings. The van der Waals surface area contributed by atoms with Gasteiger partial charge in [0.2, 0.25) is 23.3 Å². The van der Waals surface area contributed by atoms with Crippen molar-refractivity contribution in [3.05, 3.63) is 114 Å². The lowest BCUT2D eigenvalue weighted by Gasteiger charge is -2.53. The number of benzene rings is 4. The van der Waals surface area contributed by atoms with Gasteiger partial charge in [0.1, 0.15) is 22.8 Å². The zero-order valence-corrected chi connectivity index (χ0v) is 48.7. The molecule has 0 saturated carbocycles. The Kier molecular flexibility index (Phi) is 16.8. The van der Waals surface area contributed by atoms with E-state index in [1.807, 2.05) is 27.7 Å². The summed E-state index contributed by atoms with van der Waals surface area (Å²) in [5.74, 6) is -12.7. The van der Waals surface area contributed by atoms with E-state index in [4.69, 9.17) is 46.9 Å². The Morgan fingerprint density at radius 3 is 1.90 bits per heavy atom. The Labute approximate surface area is 486 Å². The molecule has 0 bridgehead atoms. The van der Waals surface area contributed by atoms with E-state index in [1.54, 1.807) is 18.2 Å². The number of halogens is 6. The number of hydrogen-bond acceptors (Lipinski definition) is 15. The van der Waals surface area contributed by atoms with Gasteiger partial charge in [0.25, 0.3) is 26.1 Å². The van der Waals surface area contributed by atoms with Crippen LogP contribution in [0.1, 0.15) is 115 Å². The standard InChI is InChI=1S/C56H60Cl2F4N4O15S2/c1-54(2)26-30(28-82(70,71)72)34-23-36-50(32-7-5-13-64(54)48(32)34)81-51-33-8-6-14-65-49(33)35(31(27-55(65,3)4)29-83(73,74)75)24-37(51)56(36)45-39(58)10-9-38(57)44(45)53(69)66(56)63-42(67)11-15-76-17-19-78-21-22-79-20-18-77-16-12-43(68)80-52-46(61)40(59)25-41(60)47(52)62/h9-10,23-26,31H,5-8,11-22,27-29H2,1-4H3,(H,63,67)(H,70,71,72)(H,73,74,75). The third kappa shape index (κ3) is 11.4. The first-order valence-electron chi connectivity index (χ1n) is 26.9. The number of hydrogen-bond donors (Lipinski definition) is 3. The van der Waals surface area contributed by atoms with Crippen LogP contribution in [0.15, 0.2) is 36.4 Å². The molecule has 6 aliphatic rings. The second-order valence-corrected chi connectivity index (χ2v) is 26.1. The van der Waals surface area contributed by atoms with Crippen LogP contribution in [-0.4, -0.2) is 137 Å². The summed E-state index contributed by atoms with van der Waals surface area (Å²) >= 11 is 14.4. The van der Waals surface area contributed by atoms with Gasteiger partial charge in [-0.3, -0.25) is 28.9 Å². The number of rotatable bonds is 21. The maximum Gasteiger partial charge on any atom is 0.313 e. The minimum absolute atomic E-state index is 0.00324. The van der Waals surface area contributed by atoms with Crippen LogP contribution in [0.5, 0.6) is 17.2 Å². The van der Waals surface area contributed by atoms with Crippen molar-refractivity contribution in [2.24, 2.45) is 0 Å². The molecule has 2 atom stereocenters. The van der Waals surface area contributed by atoms with E-state index in [0.29, 0.717) is 90.2 Å². The number of fused-ring (bicyclic) bond motifs is 8. The van der Waals surface area contributed by atoms with Gasteiger partial charge in [-0.1, -0.05) is 29.3 Å². The summed E-state index contributed by atoms with van der Waals surface area (Å²) in [7, 11) is -9.21. The Morgan fingerprint density at radius 2 is 1.30 bits per heavy atom. The van der Waals surface area contributed by atoms with Crippen LogP contribution in [-0.2, 0) is 67.2 Å². The van der Waals surface area contributed by atoms with Crippen molar-refractivity contribution >= 4 is 78.2 Å². The molecule has 2 unspecified atom stereocenters. The van der Waals surface area contributed by atoms with E-state index in [9.17, 15) is 53.1 Å². The third-order valence-corrected chi connectivity index (χ3v) is 18.0. The number of carbonyl (C=O) groups excluding carboxylic acids is 3. The Hall–Kier alpha value is -5.61. The molecule has 4 aromatic carbocycles. The molecule has 27 heteroatoms. The number of anilines is 2. The highest BCUT2D eigenvalue weighted by Gasteiger charge is 2.62. The molecule has 0 aliphatic carbocycles. The number of esters is 1. The summed E-state index contributed by atoms with van der Waals surface area (Å²) in [6.07, 6.45) is 3.51. The Morgan fingerprint density at radius 1 is 0.747 bits per heavy atom. The van der Waals surface area contributed by atoms with Crippen LogP contribution in [0.4, 0.5) is 28.9 Å². The number of nitrogens with one attached hydrogen (secondary N) is 1. The molecule has 83 heavy (non-hydrogen) atoms. The molecule has 4 aromatic rings. The highest BCUT2D eigenvalue weighted by Crippen LogP contribution is 2.65. The maximum absolute atomic E-state index is 15.5. The van der Waals surface area contributed by atoms with Crippen LogP contribution in [0.25, 0.3) is 5.57 Å². The minimum Gasteiger partial charge on any atom is -0.456 e. The minimum atomic E-state index is -4.64. The predicted octanol–water partition coefficient (Wildman–Crippen LogP) is 8.61. The van der Waals surface area contributed by atoms with Crippen LogP contribution >= 0.6 is 23.2 Å². The fraction of sp³-hybridized carbons (Fsp3) is 0.482. The van der Waals surface area contributed by atoms with E-state index in [0.717, 1.165) is 5.69 Å². The molecule has 448 valence electrons. The second kappa shape index (κ2) is 23.0. The topological polar surface area (TPSA) is 237 Å². The fourth-order valence-corrected chi connectivity index (χ4v) is 14.6. The van der Waals surface area contributed by atoms with E-state index in [2.05, 4.69) is 20.0 Å². The van der Waals surface area contributed by atoms with Gasteiger partial charge >= 0.3 is 5.97 Å². The van der Waals surface area contributed by atoms with E-state index in [1.165, 1.54) is 17.1 Å². The number of amides is 2. The van der Waals surface area contributed by atoms with Gasteiger partial charge < -0.3 is 38.2 Å². The molecule has 1 spiro atoms. The highest BCUT2D eigenvalue weighted by atomic mass is 35.5. The maximum atomic E-state index is 15.5. The lowest BCUT2D eigenvalue weighted by atomic mass is 9.68. The van der Waals surface area contributed by atoms with Gasteiger partial charge in [-0.25, -0.2) is 13.8 Å². The van der Waals surface area contributed by atoms with Gasteiger partial charge in [-0.2, -0.15) is 25.6 Å². The first kappa shape index (κ1) is 60.5. The molecule has 0 radical (unpaired) electrons. The lowest BCUT2D eigenvalue weighted by Crippen LogP contribution is -2.57. The molecule has 10 rings (SSSR count).